The van der Waals surface area contributed by atoms with Crippen LogP contribution in [0.15, 0.2) is 35.9 Å². The van der Waals surface area contributed by atoms with E-state index in [0.29, 0.717) is 17.1 Å². The van der Waals surface area contributed by atoms with Gasteiger partial charge in [0.1, 0.15) is 0 Å². The van der Waals surface area contributed by atoms with Crippen LogP contribution < -0.4 is 9.47 Å². The summed E-state index contributed by atoms with van der Waals surface area (Å²) in [4.78, 5) is 11.7. The van der Waals surface area contributed by atoms with E-state index in [1.165, 1.54) is 7.11 Å². The Labute approximate surface area is 119 Å². The molecule has 0 unspecified atom stereocenters. The maximum Gasteiger partial charge on any atom is 0.337 e. The van der Waals surface area contributed by atoms with Crippen LogP contribution in [0.1, 0.15) is 18.9 Å². The highest BCUT2D eigenvalue weighted by molar-refractivity contribution is 5.96. The molecule has 108 valence electrons. The van der Waals surface area contributed by atoms with Crippen LogP contribution in [0.2, 0.25) is 0 Å². The maximum atomic E-state index is 11.7. The normalized spacial score (nSPS) is 11.5. The van der Waals surface area contributed by atoms with Gasteiger partial charge in [-0.15, -0.1) is 0 Å². The molecule has 0 saturated carbocycles. The van der Waals surface area contributed by atoms with Crippen molar-refractivity contribution in [1.82, 2.24) is 0 Å². The number of ether oxygens (including phenoxy) is 3. The van der Waals surface area contributed by atoms with Crippen molar-refractivity contribution in [2.24, 2.45) is 0 Å². The lowest BCUT2D eigenvalue weighted by molar-refractivity contribution is -0.135. The van der Waals surface area contributed by atoms with E-state index in [-0.39, 0.29) is 5.97 Å². The third-order valence-corrected chi connectivity index (χ3v) is 2.68. The van der Waals surface area contributed by atoms with Gasteiger partial charge in [0.25, 0.3) is 0 Å². The van der Waals surface area contributed by atoms with E-state index in [2.05, 4.69) is 0 Å². The van der Waals surface area contributed by atoms with Crippen LogP contribution >= 0.6 is 0 Å². The van der Waals surface area contributed by atoms with Crippen LogP contribution in [0.3, 0.4) is 0 Å². The van der Waals surface area contributed by atoms with E-state index in [0.717, 1.165) is 12.0 Å². The van der Waals surface area contributed by atoms with Gasteiger partial charge in [-0.05, 0) is 30.2 Å². The predicted octanol–water partition coefficient (Wildman–Crippen LogP) is 3.23. The van der Waals surface area contributed by atoms with Crippen LogP contribution in [0, 0.1) is 0 Å². The molecule has 0 N–H and O–H groups in total. The monoisotopic (exact) mass is 276 g/mol. The van der Waals surface area contributed by atoms with Crippen molar-refractivity contribution in [1.29, 1.82) is 0 Å². The molecule has 1 rings (SSSR count). The van der Waals surface area contributed by atoms with Gasteiger partial charge < -0.3 is 14.2 Å². The van der Waals surface area contributed by atoms with Gasteiger partial charge >= 0.3 is 5.97 Å². The van der Waals surface area contributed by atoms with Gasteiger partial charge in [-0.25, -0.2) is 4.79 Å². The molecule has 20 heavy (non-hydrogen) atoms. The van der Waals surface area contributed by atoms with Crippen molar-refractivity contribution >= 4 is 12.0 Å². The van der Waals surface area contributed by atoms with Crippen molar-refractivity contribution in [3.63, 3.8) is 0 Å². The van der Waals surface area contributed by atoms with E-state index in [1.807, 2.05) is 25.1 Å². The van der Waals surface area contributed by atoms with Crippen LogP contribution in [0.5, 0.6) is 11.5 Å². The minimum Gasteiger partial charge on any atom is -0.493 e. The molecule has 4 heteroatoms. The average molecular weight is 276 g/mol. The predicted molar refractivity (Wildman–Crippen MR) is 79.0 cm³/mol. The Kier molecular flexibility index (Phi) is 6.37. The zero-order valence-electron chi connectivity index (χ0n) is 12.3. The Morgan fingerprint density at radius 3 is 2.40 bits per heavy atom. The van der Waals surface area contributed by atoms with Crippen molar-refractivity contribution in [3.8, 4) is 11.5 Å². The molecule has 0 aromatic heterocycles. The molecular formula is C16H20O4. The summed E-state index contributed by atoms with van der Waals surface area (Å²) < 4.78 is 15.2. The summed E-state index contributed by atoms with van der Waals surface area (Å²) in [5.74, 6) is 0.891. The molecule has 0 aliphatic rings. The number of hydrogen-bond donors (Lipinski definition) is 0. The lowest BCUT2D eigenvalue weighted by Gasteiger charge is -2.08. The van der Waals surface area contributed by atoms with Gasteiger partial charge in [0.15, 0.2) is 11.5 Å². The van der Waals surface area contributed by atoms with E-state index in [1.54, 1.807) is 32.4 Å². The van der Waals surface area contributed by atoms with Crippen molar-refractivity contribution in [2.75, 3.05) is 21.3 Å². The number of hydrogen-bond acceptors (Lipinski definition) is 4. The standard InChI is InChI=1S/C16H20O4/c1-5-6-7-13(16(17)20-4)10-12-8-9-14(18-2)15(11-12)19-3/h6-11H,5H2,1-4H3. The van der Waals surface area contributed by atoms with Gasteiger partial charge in [-0.3, -0.25) is 0 Å². The molecule has 1 aromatic carbocycles. The van der Waals surface area contributed by atoms with E-state index < -0.39 is 0 Å². The van der Waals surface area contributed by atoms with Gasteiger partial charge in [-0.2, -0.15) is 0 Å². The summed E-state index contributed by atoms with van der Waals surface area (Å²) in [5.41, 5.74) is 1.32. The fourth-order valence-corrected chi connectivity index (χ4v) is 1.66. The second kappa shape index (κ2) is 8.04. The summed E-state index contributed by atoms with van der Waals surface area (Å²) >= 11 is 0. The third-order valence-electron chi connectivity index (χ3n) is 2.68. The quantitative estimate of drug-likeness (QED) is 0.454. The largest absolute Gasteiger partial charge is 0.493 e. The average Bonchev–Trinajstić information content (AvgIpc) is 2.50. The van der Waals surface area contributed by atoms with Gasteiger partial charge in [0.05, 0.1) is 26.9 Å². The smallest absolute Gasteiger partial charge is 0.337 e. The van der Waals surface area contributed by atoms with Crippen molar-refractivity contribution in [3.05, 3.63) is 41.5 Å². The highest BCUT2D eigenvalue weighted by atomic mass is 16.5. The number of rotatable bonds is 6. The molecule has 4 nitrogen and oxygen atoms in total. The van der Waals surface area contributed by atoms with Gasteiger partial charge in [0.2, 0.25) is 0 Å². The SMILES string of the molecule is CCC=CC(=Cc1ccc(OC)c(OC)c1)C(=O)OC. The molecule has 0 saturated heterocycles. The molecule has 0 atom stereocenters. The minimum atomic E-state index is -0.371. The molecule has 0 spiro atoms. The first-order valence-corrected chi connectivity index (χ1v) is 6.34. The summed E-state index contributed by atoms with van der Waals surface area (Å²) in [6.07, 6.45) is 6.26. The first-order valence-electron chi connectivity index (χ1n) is 6.34. The molecule has 0 radical (unpaired) electrons. The van der Waals surface area contributed by atoms with Crippen LogP contribution in [-0.2, 0) is 9.53 Å². The Morgan fingerprint density at radius 2 is 1.85 bits per heavy atom. The van der Waals surface area contributed by atoms with Crippen LogP contribution in [-0.4, -0.2) is 27.3 Å². The molecule has 0 heterocycles. The number of methoxy groups -OCH3 is 3. The summed E-state index contributed by atoms with van der Waals surface area (Å²) in [7, 11) is 4.52. The highest BCUT2D eigenvalue weighted by Crippen LogP contribution is 2.28. The fraction of sp³-hybridized carbons (Fsp3) is 0.312. The number of esters is 1. The van der Waals surface area contributed by atoms with E-state index in [9.17, 15) is 4.79 Å². The molecule has 0 aliphatic heterocycles. The first kappa shape index (κ1) is 15.8. The van der Waals surface area contributed by atoms with Crippen molar-refractivity contribution < 1.29 is 19.0 Å². The molecule has 0 aliphatic carbocycles. The topological polar surface area (TPSA) is 44.8 Å². The van der Waals surface area contributed by atoms with E-state index >= 15 is 0 Å². The Morgan fingerprint density at radius 1 is 1.15 bits per heavy atom. The minimum absolute atomic E-state index is 0.371. The molecule has 1 aromatic rings. The van der Waals surface area contributed by atoms with Gasteiger partial charge in [-0.1, -0.05) is 25.1 Å². The van der Waals surface area contributed by atoms with Crippen LogP contribution in [0.25, 0.3) is 6.08 Å². The molecule has 0 bridgehead atoms. The summed E-state index contributed by atoms with van der Waals surface area (Å²) in [6.45, 7) is 2.00. The Hall–Kier alpha value is -2.23. The van der Waals surface area contributed by atoms with Crippen molar-refractivity contribution in [2.45, 2.75) is 13.3 Å². The number of allylic oxidation sites excluding steroid dienone is 1. The Bertz CT molecular complexity index is 515. The maximum absolute atomic E-state index is 11.7. The fourth-order valence-electron chi connectivity index (χ4n) is 1.66. The molecule has 0 fully saturated rings. The third kappa shape index (κ3) is 4.16. The second-order valence-electron chi connectivity index (χ2n) is 4.02. The number of carbonyl (C=O) groups excluding carboxylic acids is 1. The summed E-state index contributed by atoms with van der Waals surface area (Å²) in [5, 5.41) is 0. The number of carbonyl (C=O) groups is 1. The first-order chi connectivity index (χ1) is 9.65. The highest BCUT2D eigenvalue weighted by Gasteiger charge is 2.08. The summed E-state index contributed by atoms with van der Waals surface area (Å²) in [6, 6.07) is 5.45. The Balaban J connectivity index is 3.16. The second-order valence-corrected chi connectivity index (χ2v) is 4.02. The zero-order valence-corrected chi connectivity index (χ0v) is 12.3. The number of benzene rings is 1. The van der Waals surface area contributed by atoms with Gasteiger partial charge in [0, 0.05) is 0 Å². The molecule has 0 amide bonds. The lowest BCUT2D eigenvalue weighted by atomic mass is 10.1. The zero-order chi connectivity index (χ0) is 15.0. The molecular weight excluding hydrogens is 256 g/mol. The van der Waals surface area contributed by atoms with Crippen LogP contribution in [0.4, 0.5) is 0 Å². The van der Waals surface area contributed by atoms with E-state index in [4.69, 9.17) is 14.2 Å². The lowest BCUT2D eigenvalue weighted by Crippen LogP contribution is -2.02.